The molecule has 1 saturated heterocycles. The zero-order valence-corrected chi connectivity index (χ0v) is 14.5. The number of aromatic amines is 1. The van der Waals surface area contributed by atoms with Crippen LogP contribution in [0.4, 0.5) is 0 Å². The summed E-state index contributed by atoms with van der Waals surface area (Å²) in [5.74, 6) is 0.364. The molecule has 1 saturated carbocycles. The van der Waals surface area contributed by atoms with Crippen molar-refractivity contribution in [1.82, 2.24) is 19.4 Å². The fourth-order valence-electron chi connectivity index (χ4n) is 3.32. The SMILES string of the molecule is Cc1n[nH]c(C)c1S(=O)(=O)N1CCCN(C(=O)C2CCC2)CC1. The summed E-state index contributed by atoms with van der Waals surface area (Å²) in [6.07, 6.45) is 3.76. The molecular formula is C15H24N4O3S. The van der Waals surface area contributed by atoms with Crippen LogP contribution in [0, 0.1) is 19.8 Å². The summed E-state index contributed by atoms with van der Waals surface area (Å²) in [5.41, 5.74) is 1.06. The molecule has 2 fully saturated rings. The van der Waals surface area contributed by atoms with Crippen LogP contribution in [0.3, 0.4) is 0 Å². The van der Waals surface area contributed by atoms with Gasteiger partial charge in [-0.15, -0.1) is 0 Å². The lowest BCUT2D eigenvalue weighted by Gasteiger charge is -2.31. The zero-order chi connectivity index (χ0) is 16.6. The smallest absolute Gasteiger partial charge is 0.246 e. The van der Waals surface area contributed by atoms with E-state index in [-0.39, 0.29) is 16.7 Å². The van der Waals surface area contributed by atoms with Crippen molar-refractivity contribution in [3.8, 4) is 0 Å². The van der Waals surface area contributed by atoms with Crippen LogP contribution < -0.4 is 0 Å². The Morgan fingerprint density at radius 1 is 1.13 bits per heavy atom. The number of hydrogen-bond donors (Lipinski definition) is 1. The van der Waals surface area contributed by atoms with Gasteiger partial charge in [-0.05, 0) is 33.1 Å². The molecule has 0 bridgehead atoms. The quantitative estimate of drug-likeness (QED) is 0.891. The van der Waals surface area contributed by atoms with Crippen LogP contribution in [-0.2, 0) is 14.8 Å². The molecule has 0 aromatic carbocycles. The van der Waals surface area contributed by atoms with Crippen molar-refractivity contribution in [2.45, 2.75) is 44.4 Å². The maximum absolute atomic E-state index is 12.9. The average Bonchev–Trinajstić information content (AvgIpc) is 2.65. The standard InChI is InChI=1S/C15H24N4O3S/c1-11-14(12(2)17-16-11)23(21,22)19-8-4-7-18(9-10-19)15(20)13-5-3-6-13/h13H,3-10H2,1-2H3,(H,16,17). The fourth-order valence-corrected chi connectivity index (χ4v) is 5.12. The lowest BCUT2D eigenvalue weighted by atomic mass is 9.84. The first-order valence-corrected chi connectivity index (χ1v) is 9.66. The van der Waals surface area contributed by atoms with E-state index in [0.29, 0.717) is 44.0 Å². The highest BCUT2D eigenvalue weighted by Crippen LogP contribution is 2.29. The van der Waals surface area contributed by atoms with Gasteiger partial charge in [-0.1, -0.05) is 6.42 Å². The number of sulfonamides is 1. The molecule has 128 valence electrons. The molecule has 0 spiro atoms. The van der Waals surface area contributed by atoms with Gasteiger partial charge in [0, 0.05) is 32.1 Å². The number of aromatic nitrogens is 2. The van der Waals surface area contributed by atoms with Crippen molar-refractivity contribution in [3.63, 3.8) is 0 Å². The Morgan fingerprint density at radius 3 is 2.43 bits per heavy atom. The molecule has 23 heavy (non-hydrogen) atoms. The van der Waals surface area contributed by atoms with Crippen LogP contribution in [0.1, 0.15) is 37.1 Å². The second kappa shape index (κ2) is 6.24. The van der Waals surface area contributed by atoms with Gasteiger partial charge < -0.3 is 4.90 Å². The number of carbonyl (C=O) groups excluding carboxylic acids is 1. The Hall–Kier alpha value is -1.41. The van der Waals surface area contributed by atoms with Crippen molar-refractivity contribution < 1.29 is 13.2 Å². The van der Waals surface area contributed by atoms with Gasteiger partial charge in [0.1, 0.15) is 4.90 Å². The number of hydrogen-bond acceptors (Lipinski definition) is 4. The minimum atomic E-state index is -3.56. The Bertz CT molecular complexity index is 674. The summed E-state index contributed by atoms with van der Waals surface area (Å²) in [6, 6.07) is 0. The van der Waals surface area contributed by atoms with E-state index in [2.05, 4.69) is 10.2 Å². The predicted octanol–water partition coefficient (Wildman–Crippen LogP) is 1.05. The van der Waals surface area contributed by atoms with E-state index in [1.807, 2.05) is 4.90 Å². The molecule has 1 N–H and O–H groups in total. The number of carbonyl (C=O) groups is 1. The topological polar surface area (TPSA) is 86.4 Å². The maximum atomic E-state index is 12.9. The fraction of sp³-hybridized carbons (Fsp3) is 0.733. The van der Waals surface area contributed by atoms with E-state index >= 15 is 0 Å². The van der Waals surface area contributed by atoms with Crippen LogP contribution in [0.15, 0.2) is 4.90 Å². The van der Waals surface area contributed by atoms with Crippen LogP contribution in [0.2, 0.25) is 0 Å². The molecule has 1 aromatic heterocycles. The third-order valence-electron chi connectivity index (χ3n) is 4.88. The molecule has 1 aromatic rings. The number of nitrogens with one attached hydrogen (secondary N) is 1. The summed E-state index contributed by atoms with van der Waals surface area (Å²) in [4.78, 5) is 14.5. The van der Waals surface area contributed by atoms with Crippen LogP contribution in [0.25, 0.3) is 0 Å². The van der Waals surface area contributed by atoms with E-state index in [1.165, 1.54) is 4.31 Å². The van der Waals surface area contributed by atoms with Crippen LogP contribution >= 0.6 is 0 Å². The molecule has 1 aliphatic heterocycles. The lowest BCUT2D eigenvalue weighted by molar-refractivity contribution is -0.138. The number of amides is 1. The van der Waals surface area contributed by atoms with Gasteiger partial charge in [0.05, 0.1) is 11.4 Å². The Morgan fingerprint density at radius 2 is 1.87 bits per heavy atom. The lowest BCUT2D eigenvalue weighted by Crippen LogP contribution is -2.41. The number of H-pyrrole nitrogens is 1. The summed E-state index contributed by atoms with van der Waals surface area (Å²) in [7, 11) is -3.56. The third kappa shape index (κ3) is 3.01. The Labute approximate surface area is 137 Å². The Balaban J connectivity index is 1.73. The largest absolute Gasteiger partial charge is 0.341 e. The molecule has 0 atom stereocenters. The van der Waals surface area contributed by atoms with E-state index in [4.69, 9.17) is 0 Å². The van der Waals surface area contributed by atoms with Crippen LogP contribution in [0.5, 0.6) is 0 Å². The second-order valence-electron chi connectivity index (χ2n) is 6.47. The minimum Gasteiger partial charge on any atom is -0.341 e. The third-order valence-corrected chi connectivity index (χ3v) is 7.04. The molecule has 7 nitrogen and oxygen atoms in total. The normalized spacial score (nSPS) is 21.0. The molecule has 2 heterocycles. The Kier molecular flexibility index (Phi) is 4.46. The van der Waals surface area contributed by atoms with Gasteiger partial charge in [0.25, 0.3) is 0 Å². The van der Waals surface area contributed by atoms with Crippen molar-refractivity contribution >= 4 is 15.9 Å². The van der Waals surface area contributed by atoms with Crippen LogP contribution in [-0.4, -0.2) is 59.9 Å². The first kappa shape index (κ1) is 16.4. The summed E-state index contributed by atoms with van der Waals surface area (Å²) < 4.78 is 27.3. The molecule has 1 aliphatic carbocycles. The molecule has 0 radical (unpaired) electrons. The number of aryl methyl sites for hydroxylation is 2. The van der Waals surface area contributed by atoms with E-state index in [9.17, 15) is 13.2 Å². The first-order valence-electron chi connectivity index (χ1n) is 8.22. The summed E-state index contributed by atoms with van der Waals surface area (Å²) in [6.45, 7) is 5.33. The van der Waals surface area contributed by atoms with Gasteiger partial charge >= 0.3 is 0 Å². The highest BCUT2D eigenvalue weighted by Gasteiger charge is 2.34. The molecule has 8 heteroatoms. The predicted molar refractivity (Wildman–Crippen MR) is 85.4 cm³/mol. The highest BCUT2D eigenvalue weighted by molar-refractivity contribution is 7.89. The molecule has 3 rings (SSSR count). The molecule has 1 amide bonds. The van der Waals surface area contributed by atoms with E-state index in [0.717, 1.165) is 19.3 Å². The first-order chi connectivity index (χ1) is 10.9. The molecule has 0 unspecified atom stereocenters. The van der Waals surface area contributed by atoms with Crippen molar-refractivity contribution in [3.05, 3.63) is 11.4 Å². The monoisotopic (exact) mass is 340 g/mol. The van der Waals surface area contributed by atoms with Gasteiger partial charge in [0.15, 0.2) is 0 Å². The molecular weight excluding hydrogens is 316 g/mol. The molecule has 2 aliphatic rings. The van der Waals surface area contributed by atoms with Crippen molar-refractivity contribution in [2.75, 3.05) is 26.2 Å². The number of nitrogens with zero attached hydrogens (tertiary/aromatic N) is 3. The summed E-state index contributed by atoms with van der Waals surface area (Å²) >= 11 is 0. The van der Waals surface area contributed by atoms with Crippen molar-refractivity contribution in [1.29, 1.82) is 0 Å². The van der Waals surface area contributed by atoms with Gasteiger partial charge in [-0.25, -0.2) is 8.42 Å². The van der Waals surface area contributed by atoms with Gasteiger partial charge in [-0.3, -0.25) is 9.89 Å². The van der Waals surface area contributed by atoms with E-state index in [1.54, 1.807) is 13.8 Å². The maximum Gasteiger partial charge on any atom is 0.246 e. The minimum absolute atomic E-state index is 0.163. The van der Waals surface area contributed by atoms with Gasteiger partial charge in [-0.2, -0.15) is 9.40 Å². The zero-order valence-electron chi connectivity index (χ0n) is 13.7. The second-order valence-corrected chi connectivity index (χ2v) is 8.35. The van der Waals surface area contributed by atoms with Crippen molar-refractivity contribution in [2.24, 2.45) is 5.92 Å². The highest BCUT2D eigenvalue weighted by atomic mass is 32.2. The average molecular weight is 340 g/mol. The van der Waals surface area contributed by atoms with E-state index < -0.39 is 10.0 Å². The summed E-state index contributed by atoms with van der Waals surface area (Å²) in [5, 5.41) is 6.72. The van der Waals surface area contributed by atoms with Gasteiger partial charge in [0.2, 0.25) is 15.9 Å². The number of rotatable bonds is 3.